The van der Waals surface area contributed by atoms with Crippen LogP contribution < -0.4 is 0 Å². The molecule has 2 aliphatic rings. The number of aliphatic carboxylic acids is 1. The molecule has 0 aliphatic heterocycles. The Labute approximate surface area is 175 Å². The van der Waals surface area contributed by atoms with Gasteiger partial charge in [0.15, 0.2) is 0 Å². The van der Waals surface area contributed by atoms with Crippen LogP contribution in [-0.2, 0) is 9.53 Å². The number of hydrogen-bond acceptors (Lipinski definition) is 4. The highest BCUT2D eigenvalue weighted by Crippen LogP contribution is 2.52. The molecule has 3 N–H and O–H groups in total. The summed E-state index contributed by atoms with van der Waals surface area (Å²) in [4.78, 5) is 10.5. The number of rotatable bonds is 12. The van der Waals surface area contributed by atoms with E-state index in [1.807, 2.05) is 6.08 Å². The van der Waals surface area contributed by atoms with Crippen molar-refractivity contribution in [2.45, 2.75) is 78.2 Å². The summed E-state index contributed by atoms with van der Waals surface area (Å²) >= 11 is 0. The van der Waals surface area contributed by atoms with Gasteiger partial charge in [0.2, 0.25) is 0 Å². The molecule has 166 valence electrons. The fourth-order valence-electron chi connectivity index (χ4n) is 5.24. The molecule has 0 aromatic rings. The van der Waals surface area contributed by atoms with E-state index in [4.69, 9.17) is 9.84 Å². The van der Waals surface area contributed by atoms with Crippen LogP contribution in [0, 0.1) is 29.6 Å². The van der Waals surface area contributed by atoms with E-state index >= 15 is 0 Å². The van der Waals surface area contributed by atoms with Gasteiger partial charge in [0.25, 0.3) is 0 Å². The molecular formula is C24H40O5. The van der Waals surface area contributed by atoms with Crippen LogP contribution >= 0.6 is 0 Å². The van der Waals surface area contributed by atoms with Crippen molar-refractivity contribution >= 4 is 5.97 Å². The van der Waals surface area contributed by atoms with Gasteiger partial charge < -0.3 is 20.1 Å². The summed E-state index contributed by atoms with van der Waals surface area (Å²) in [7, 11) is 0. The van der Waals surface area contributed by atoms with Gasteiger partial charge in [-0.05, 0) is 95.0 Å². The molecule has 29 heavy (non-hydrogen) atoms. The predicted molar refractivity (Wildman–Crippen MR) is 115 cm³/mol. The lowest BCUT2D eigenvalue weighted by Gasteiger charge is -2.22. The van der Waals surface area contributed by atoms with Crippen LogP contribution in [0.4, 0.5) is 0 Å². The topological polar surface area (TPSA) is 87.0 Å². The molecule has 0 aromatic carbocycles. The number of hydrogen-bond donors (Lipinski definition) is 3. The number of fused-ring (bicyclic) bond motifs is 1. The fraction of sp³-hybridized carbons (Fsp3) is 0.792. The maximum Gasteiger partial charge on any atom is 0.329 e. The van der Waals surface area contributed by atoms with Crippen LogP contribution in [0.1, 0.15) is 72.1 Å². The van der Waals surface area contributed by atoms with Crippen molar-refractivity contribution in [1.29, 1.82) is 0 Å². The van der Waals surface area contributed by atoms with Gasteiger partial charge in [0, 0.05) is 12.5 Å². The van der Waals surface area contributed by atoms with Crippen molar-refractivity contribution < 1.29 is 24.9 Å². The summed E-state index contributed by atoms with van der Waals surface area (Å²) < 4.78 is 5.18. The highest BCUT2D eigenvalue weighted by atomic mass is 16.5. The van der Waals surface area contributed by atoms with E-state index < -0.39 is 12.1 Å². The van der Waals surface area contributed by atoms with E-state index in [2.05, 4.69) is 26.8 Å². The molecule has 5 nitrogen and oxygen atoms in total. The Morgan fingerprint density at radius 1 is 1.10 bits per heavy atom. The maximum absolute atomic E-state index is 10.7. The molecule has 2 rings (SSSR count). The monoisotopic (exact) mass is 408 g/mol. The van der Waals surface area contributed by atoms with E-state index in [-0.39, 0.29) is 12.5 Å². The van der Waals surface area contributed by atoms with Crippen LogP contribution in [-0.4, -0.2) is 40.6 Å². The minimum atomic E-state index is -0.933. The first-order valence-electron chi connectivity index (χ1n) is 11.3. The van der Waals surface area contributed by atoms with Gasteiger partial charge in [0.05, 0.1) is 11.9 Å². The standard InChI is InChI=1S/C24H40O5/c1-16(2)6-4-7-17(3)8-5-9-21(25)24-20-13-18(10-11-29-15-23(27)28)12-19(20)14-22(24)26/h6,9,17-20,22,24-26H,4-5,7-8,10-15H2,1-3H3,(H,27,28)/t17?,18-,19-,20-,22+,24-/m1/s1. The Morgan fingerprint density at radius 3 is 2.45 bits per heavy atom. The summed E-state index contributed by atoms with van der Waals surface area (Å²) in [6, 6.07) is 0. The maximum atomic E-state index is 10.7. The van der Waals surface area contributed by atoms with Gasteiger partial charge in [-0.1, -0.05) is 18.6 Å². The van der Waals surface area contributed by atoms with Crippen LogP contribution in [0.25, 0.3) is 0 Å². The molecule has 0 bridgehead atoms. The van der Waals surface area contributed by atoms with Crippen molar-refractivity contribution in [2.75, 3.05) is 13.2 Å². The summed E-state index contributed by atoms with van der Waals surface area (Å²) in [6.07, 6.45) is 11.6. The number of aliphatic hydroxyl groups excluding tert-OH is 2. The molecule has 0 radical (unpaired) electrons. The molecule has 6 atom stereocenters. The van der Waals surface area contributed by atoms with E-state index in [1.165, 1.54) is 12.0 Å². The number of carbonyl (C=O) groups is 1. The van der Waals surface area contributed by atoms with Crippen LogP contribution in [0.5, 0.6) is 0 Å². The molecule has 2 saturated carbocycles. The van der Waals surface area contributed by atoms with Gasteiger partial charge >= 0.3 is 5.97 Å². The zero-order valence-electron chi connectivity index (χ0n) is 18.3. The fourth-order valence-corrected chi connectivity index (χ4v) is 5.24. The third kappa shape index (κ3) is 7.78. The average Bonchev–Trinajstić information content (AvgIpc) is 3.13. The highest BCUT2D eigenvalue weighted by Gasteiger charge is 2.49. The van der Waals surface area contributed by atoms with E-state index in [1.54, 1.807) is 0 Å². The quantitative estimate of drug-likeness (QED) is 0.237. The largest absolute Gasteiger partial charge is 0.512 e. The Hall–Kier alpha value is -1.33. The second-order valence-corrected chi connectivity index (χ2v) is 9.50. The normalized spacial score (nSPS) is 30.2. The lowest BCUT2D eigenvalue weighted by molar-refractivity contribution is -0.142. The van der Waals surface area contributed by atoms with E-state index in [9.17, 15) is 15.0 Å². The van der Waals surface area contributed by atoms with Crippen molar-refractivity contribution in [2.24, 2.45) is 29.6 Å². The first kappa shape index (κ1) is 23.9. The Balaban J connectivity index is 1.77. The molecule has 0 amide bonds. The molecule has 5 heteroatoms. The Kier molecular flexibility index (Phi) is 9.70. The van der Waals surface area contributed by atoms with Crippen LogP contribution in [0.2, 0.25) is 0 Å². The van der Waals surface area contributed by atoms with Gasteiger partial charge in [0.1, 0.15) is 6.61 Å². The van der Waals surface area contributed by atoms with Crippen molar-refractivity contribution in [1.82, 2.24) is 0 Å². The molecule has 1 unspecified atom stereocenters. The molecule has 0 heterocycles. The first-order chi connectivity index (χ1) is 13.8. The zero-order valence-corrected chi connectivity index (χ0v) is 18.3. The average molecular weight is 409 g/mol. The lowest BCUT2D eigenvalue weighted by atomic mass is 9.87. The Morgan fingerprint density at radius 2 is 1.79 bits per heavy atom. The van der Waals surface area contributed by atoms with Crippen molar-refractivity contribution in [3.8, 4) is 0 Å². The van der Waals surface area contributed by atoms with Gasteiger partial charge in [-0.2, -0.15) is 0 Å². The second-order valence-electron chi connectivity index (χ2n) is 9.50. The summed E-state index contributed by atoms with van der Waals surface area (Å²) in [5, 5.41) is 29.8. The predicted octanol–water partition coefficient (Wildman–Crippen LogP) is 5.11. The second kappa shape index (κ2) is 11.8. The van der Waals surface area contributed by atoms with Gasteiger partial charge in [-0.15, -0.1) is 0 Å². The molecule has 0 aromatic heterocycles. The first-order valence-corrected chi connectivity index (χ1v) is 11.3. The smallest absolute Gasteiger partial charge is 0.329 e. The number of carboxylic acids is 1. The molecule has 0 saturated heterocycles. The number of aliphatic hydroxyl groups is 2. The molecule has 2 fully saturated rings. The minimum absolute atomic E-state index is 0.133. The van der Waals surface area contributed by atoms with Crippen LogP contribution in [0.3, 0.4) is 0 Å². The molecular weight excluding hydrogens is 368 g/mol. The SMILES string of the molecule is CC(C)=CCCC(C)CCC=C(O)[C@H]1[C@@H]2C[C@H](CCOCC(=O)O)C[C@@H]2C[C@@H]1O. The third-order valence-corrected chi connectivity index (χ3v) is 6.73. The van der Waals surface area contributed by atoms with E-state index in [0.29, 0.717) is 36.0 Å². The van der Waals surface area contributed by atoms with Crippen molar-refractivity contribution in [3.63, 3.8) is 0 Å². The summed E-state index contributed by atoms with van der Waals surface area (Å²) in [5.41, 5.74) is 1.36. The number of ether oxygens (including phenoxy) is 1. The summed E-state index contributed by atoms with van der Waals surface area (Å²) in [6.45, 7) is 6.75. The lowest BCUT2D eigenvalue weighted by Crippen LogP contribution is -2.22. The molecule has 2 aliphatic carbocycles. The molecule has 0 spiro atoms. The Bertz CT molecular complexity index is 578. The van der Waals surface area contributed by atoms with Gasteiger partial charge in [-0.3, -0.25) is 0 Å². The summed E-state index contributed by atoms with van der Waals surface area (Å²) in [5.74, 6) is 1.22. The number of allylic oxidation sites excluding steroid dienone is 3. The highest BCUT2D eigenvalue weighted by molar-refractivity contribution is 5.67. The third-order valence-electron chi connectivity index (χ3n) is 6.73. The van der Waals surface area contributed by atoms with Gasteiger partial charge in [-0.25, -0.2) is 4.79 Å². The van der Waals surface area contributed by atoms with Crippen molar-refractivity contribution in [3.05, 3.63) is 23.5 Å². The minimum Gasteiger partial charge on any atom is -0.512 e. The van der Waals surface area contributed by atoms with E-state index in [0.717, 1.165) is 44.9 Å². The van der Waals surface area contributed by atoms with Crippen LogP contribution in [0.15, 0.2) is 23.5 Å². The number of carboxylic acid groups (broad SMARTS) is 1. The zero-order chi connectivity index (χ0) is 21.4.